The van der Waals surface area contributed by atoms with Crippen LogP contribution in [0.4, 0.5) is 11.4 Å². The molecule has 1 aliphatic heterocycles. The van der Waals surface area contributed by atoms with Crippen LogP contribution >= 0.6 is 11.6 Å². The van der Waals surface area contributed by atoms with E-state index in [2.05, 4.69) is 21.5 Å². The molecule has 2 N–H and O–H groups in total. The highest BCUT2D eigenvalue weighted by Gasteiger charge is 2.33. The Labute approximate surface area is 185 Å². The third-order valence-corrected chi connectivity index (χ3v) is 5.93. The lowest BCUT2D eigenvalue weighted by Gasteiger charge is -2.35. The lowest BCUT2D eigenvalue weighted by Crippen LogP contribution is -2.39. The number of nitrogens with one attached hydrogen (secondary N) is 1. The molecular weight excluding hydrogens is 412 g/mol. The summed E-state index contributed by atoms with van der Waals surface area (Å²) in [4.78, 5) is 6.21. The van der Waals surface area contributed by atoms with Gasteiger partial charge >= 0.3 is 0 Å². The molecule has 2 aliphatic rings. The number of para-hydroxylation sites is 1. The normalized spacial score (nSPS) is 17.7. The summed E-state index contributed by atoms with van der Waals surface area (Å²) in [5, 5.41) is 28.9. The minimum atomic E-state index is -1.15. The first-order valence-electron chi connectivity index (χ1n) is 10.2. The van der Waals surface area contributed by atoms with Gasteiger partial charge in [-0.2, -0.15) is 10.4 Å². The minimum absolute atomic E-state index is 0.383. The molecule has 5 rings (SSSR count). The number of aliphatic hydroxyl groups is 1. The summed E-state index contributed by atoms with van der Waals surface area (Å²) in [6, 6.07) is 15.5. The zero-order chi connectivity index (χ0) is 21.5. The summed E-state index contributed by atoms with van der Waals surface area (Å²) in [5.74, 6) is 0.907. The van der Waals surface area contributed by atoms with Gasteiger partial charge in [-0.3, -0.25) is 9.58 Å². The number of hydrogen-bond donors (Lipinski definition) is 2. The number of hydrogen-bond acceptors (Lipinski definition) is 6. The molecule has 1 aromatic heterocycles. The Morgan fingerprint density at radius 3 is 2.71 bits per heavy atom. The van der Waals surface area contributed by atoms with Crippen LogP contribution in [0.15, 0.2) is 53.7 Å². The third kappa shape index (κ3) is 3.65. The van der Waals surface area contributed by atoms with Crippen molar-refractivity contribution < 1.29 is 5.11 Å². The highest BCUT2D eigenvalue weighted by Crippen LogP contribution is 2.46. The average molecular weight is 433 g/mol. The largest absolute Gasteiger partial charge is 0.364 e. The third-order valence-electron chi connectivity index (χ3n) is 5.61. The number of nitriles is 1. The smallest absolute Gasteiger partial charge is 0.231 e. The molecular formula is C23H21ClN6O. The second kappa shape index (κ2) is 7.73. The average Bonchev–Trinajstić information content (AvgIpc) is 3.53. The number of nitrogens with zero attached hydrogens (tertiary/aromatic N) is 5. The second-order valence-electron chi connectivity index (χ2n) is 7.82. The maximum absolute atomic E-state index is 11.0. The van der Waals surface area contributed by atoms with Crippen LogP contribution in [0.3, 0.4) is 0 Å². The molecule has 8 heteroatoms. The number of aromatic nitrogens is 2. The number of benzene rings is 2. The zero-order valence-electron chi connectivity index (χ0n) is 17.0. The number of anilines is 2. The fraction of sp³-hybridized carbons (Fsp3) is 0.261. The molecule has 31 heavy (non-hydrogen) atoms. The van der Waals surface area contributed by atoms with Crippen molar-refractivity contribution >= 4 is 28.8 Å². The number of halogens is 1. The molecule has 7 nitrogen and oxygen atoms in total. The molecule has 2 heterocycles. The molecule has 156 valence electrons. The van der Waals surface area contributed by atoms with Gasteiger partial charge in [0.2, 0.25) is 6.35 Å². The van der Waals surface area contributed by atoms with Crippen molar-refractivity contribution in [3.63, 3.8) is 0 Å². The van der Waals surface area contributed by atoms with Gasteiger partial charge in [-0.25, -0.2) is 4.99 Å². The van der Waals surface area contributed by atoms with Crippen LogP contribution in [0.2, 0.25) is 5.02 Å². The van der Waals surface area contributed by atoms with Crippen LogP contribution in [-0.4, -0.2) is 27.1 Å². The lowest BCUT2D eigenvalue weighted by molar-refractivity contribution is 0.189. The summed E-state index contributed by atoms with van der Waals surface area (Å²) in [6.07, 6.45) is 2.86. The number of aliphatic hydroxyl groups excluding tert-OH is 1. The van der Waals surface area contributed by atoms with E-state index >= 15 is 0 Å². The Hall–Kier alpha value is -3.34. The molecule has 0 bridgehead atoms. The zero-order valence-corrected chi connectivity index (χ0v) is 17.7. The van der Waals surface area contributed by atoms with Gasteiger partial charge in [-0.15, -0.1) is 0 Å². The lowest BCUT2D eigenvalue weighted by atomic mass is 9.96. The van der Waals surface area contributed by atoms with Crippen LogP contribution in [0, 0.1) is 11.3 Å². The van der Waals surface area contributed by atoms with Crippen LogP contribution in [0.25, 0.3) is 0 Å². The summed E-state index contributed by atoms with van der Waals surface area (Å²) in [5.41, 5.74) is 4.70. The van der Waals surface area contributed by atoms with E-state index in [9.17, 15) is 10.4 Å². The van der Waals surface area contributed by atoms with Gasteiger partial charge in [0.1, 0.15) is 5.84 Å². The molecule has 0 saturated heterocycles. The van der Waals surface area contributed by atoms with Crippen molar-refractivity contribution in [1.82, 2.24) is 15.1 Å². The quantitative estimate of drug-likeness (QED) is 0.654. The summed E-state index contributed by atoms with van der Waals surface area (Å²) in [6.45, 7) is 0.449. The highest BCUT2D eigenvalue weighted by molar-refractivity contribution is 6.33. The van der Waals surface area contributed by atoms with Gasteiger partial charge in [0.25, 0.3) is 0 Å². The van der Waals surface area contributed by atoms with E-state index in [0.29, 0.717) is 34.6 Å². The molecule has 0 amide bonds. The Kier molecular flexibility index (Phi) is 4.89. The van der Waals surface area contributed by atoms with Crippen molar-refractivity contribution in [3.05, 3.63) is 76.1 Å². The number of aryl methyl sites for hydroxylation is 1. The van der Waals surface area contributed by atoms with Crippen molar-refractivity contribution in [2.45, 2.75) is 31.7 Å². The molecule has 1 unspecified atom stereocenters. The van der Waals surface area contributed by atoms with Crippen LogP contribution in [-0.2, 0) is 13.6 Å². The first kappa shape index (κ1) is 19.6. The monoisotopic (exact) mass is 432 g/mol. The molecule has 1 saturated carbocycles. The SMILES string of the molecule is Cn1ccc(CNC2=NC(O)N(c3ccccc3Cl)c3cc(C4CC4)c(C#N)cc32)n1. The van der Waals surface area contributed by atoms with Crippen LogP contribution in [0.1, 0.15) is 41.1 Å². The predicted molar refractivity (Wildman–Crippen MR) is 119 cm³/mol. The molecule has 0 radical (unpaired) electrons. The number of aliphatic imine (C=N–C) groups is 1. The van der Waals surface area contributed by atoms with Crippen molar-refractivity contribution in [2.24, 2.45) is 12.0 Å². The molecule has 0 spiro atoms. The number of amidine groups is 1. The highest BCUT2D eigenvalue weighted by atomic mass is 35.5. The Bertz CT molecular complexity index is 1220. The predicted octanol–water partition coefficient (Wildman–Crippen LogP) is 3.79. The Morgan fingerprint density at radius 1 is 1.23 bits per heavy atom. The molecule has 1 aliphatic carbocycles. The van der Waals surface area contributed by atoms with Gasteiger partial charge in [0.05, 0.1) is 40.3 Å². The van der Waals surface area contributed by atoms with E-state index in [1.54, 1.807) is 15.6 Å². The van der Waals surface area contributed by atoms with Gasteiger partial charge in [-0.1, -0.05) is 23.7 Å². The summed E-state index contributed by atoms with van der Waals surface area (Å²) in [7, 11) is 1.86. The molecule has 1 fully saturated rings. The van der Waals surface area contributed by atoms with Gasteiger partial charge in [0, 0.05) is 18.8 Å². The van der Waals surface area contributed by atoms with Crippen LogP contribution < -0.4 is 10.2 Å². The van der Waals surface area contributed by atoms with Crippen molar-refractivity contribution in [2.75, 3.05) is 4.90 Å². The maximum Gasteiger partial charge on any atom is 0.231 e. The second-order valence-corrected chi connectivity index (χ2v) is 8.23. The van der Waals surface area contributed by atoms with Gasteiger partial charge in [-0.05, 0) is 54.7 Å². The van der Waals surface area contributed by atoms with E-state index < -0.39 is 6.35 Å². The van der Waals surface area contributed by atoms with E-state index in [4.69, 9.17) is 11.6 Å². The minimum Gasteiger partial charge on any atom is -0.364 e. The first-order valence-corrected chi connectivity index (χ1v) is 10.5. The van der Waals surface area contributed by atoms with Gasteiger partial charge in [0.15, 0.2) is 0 Å². The number of fused-ring (bicyclic) bond motifs is 1. The van der Waals surface area contributed by atoms with E-state index in [1.165, 1.54) is 0 Å². The van der Waals surface area contributed by atoms with Crippen LogP contribution in [0.5, 0.6) is 0 Å². The Morgan fingerprint density at radius 2 is 2.03 bits per heavy atom. The molecule has 3 aromatic rings. The van der Waals surface area contributed by atoms with Crippen molar-refractivity contribution in [1.29, 1.82) is 5.26 Å². The first-order chi connectivity index (χ1) is 15.0. The molecule has 2 aromatic carbocycles. The maximum atomic E-state index is 11.0. The Balaban J connectivity index is 1.61. The van der Waals surface area contributed by atoms with Crippen molar-refractivity contribution in [3.8, 4) is 6.07 Å². The fourth-order valence-corrected chi connectivity index (χ4v) is 4.19. The van der Waals surface area contributed by atoms with E-state index in [0.717, 1.165) is 35.3 Å². The van der Waals surface area contributed by atoms with Gasteiger partial charge < -0.3 is 10.4 Å². The summed E-state index contributed by atoms with van der Waals surface area (Å²) < 4.78 is 1.73. The number of rotatable bonds is 4. The van der Waals surface area contributed by atoms with E-state index in [-0.39, 0.29) is 0 Å². The van der Waals surface area contributed by atoms with E-state index in [1.807, 2.05) is 49.6 Å². The fourth-order valence-electron chi connectivity index (χ4n) is 3.96. The molecule has 1 atom stereocenters. The summed E-state index contributed by atoms with van der Waals surface area (Å²) >= 11 is 6.46. The standard InChI is InChI=1S/C23H21ClN6O/c1-29-9-8-16(28-29)13-26-22-18-10-15(12-25)17(14-6-7-14)11-21(18)30(23(31)27-22)20-5-3-2-4-19(20)24/h2-5,8-11,14,23,31H,6-7,13H2,1H3,(H,26,27). The topological polar surface area (TPSA) is 89.5 Å².